The molecule has 1 aromatic carbocycles. The zero-order chi connectivity index (χ0) is 19.7. The highest BCUT2D eigenvalue weighted by atomic mass is 35.5. The first-order chi connectivity index (χ1) is 14.2. The molecule has 0 bridgehead atoms. The molecule has 1 spiro atoms. The maximum absolute atomic E-state index is 6.67. The summed E-state index contributed by atoms with van der Waals surface area (Å²) in [5.74, 6) is 0.994. The van der Waals surface area contributed by atoms with Crippen LogP contribution in [-0.2, 0) is 0 Å². The lowest BCUT2D eigenvalue weighted by atomic mass is 9.77. The van der Waals surface area contributed by atoms with Crippen LogP contribution >= 0.6 is 23.4 Å². The van der Waals surface area contributed by atoms with Crippen molar-refractivity contribution in [1.29, 1.82) is 0 Å². The summed E-state index contributed by atoms with van der Waals surface area (Å²) in [6.45, 7) is 2.20. The summed E-state index contributed by atoms with van der Waals surface area (Å²) in [7, 11) is 0. The van der Waals surface area contributed by atoms with Gasteiger partial charge in [-0.2, -0.15) is 0 Å². The first-order valence-corrected chi connectivity index (χ1v) is 11.7. The molecule has 1 aromatic heterocycles. The summed E-state index contributed by atoms with van der Waals surface area (Å²) in [4.78, 5) is 17.2. The number of rotatable bonds is 4. The molecule has 2 aromatic rings. The third-order valence-electron chi connectivity index (χ3n) is 6.56. The molecule has 0 radical (unpaired) electrons. The molecule has 3 heterocycles. The van der Waals surface area contributed by atoms with E-state index in [9.17, 15) is 0 Å². The molecular formula is C23H25ClN4S. The van der Waals surface area contributed by atoms with Crippen LogP contribution in [0.15, 0.2) is 57.8 Å². The Bertz CT molecular complexity index is 938. The first kappa shape index (κ1) is 19.1. The number of aliphatic imine (C=N–C) groups is 1. The molecule has 150 valence electrons. The van der Waals surface area contributed by atoms with Crippen LogP contribution in [0.2, 0.25) is 5.02 Å². The summed E-state index contributed by atoms with van der Waals surface area (Å²) < 4.78 is 0. The van der Waals surface area contributed by atoms with E-state index >= 15 is 0 Å². The van der Waals surface area contributed by atoms with Gasteiger partial charge in [0.05, 0.1) is 23.1 Å². The number of allylic oxidation sites excluding steroid dienone is 1. The predicted molar refractivity (Wildman–Crippen MR) is 120 cm³/mol. The maximum Gasteiger partial charge on any atom is 0.147 e. The van der Waals surface area contributed by atoms with Gasteiger partial charge in [0, 0.05) is 36.2 Å². The van der Waals surface area contributed by atoms with Crippen molar-refractivity contribution < 1.29 is 0 Å². The zero-order valence-electron chi connectivity index (χ0n) is 16.5. The molecule has 4 nitrogen and oxygen atoms in total. The van der Waals surface area contributed by atoms with Crippen molar-refractivity contribution >= 4 is 34.9 Å². The molecule has 1 saturated heterocycles. The number of nitrogens with zero attached hydrogens (tertiary/aromatic N) is 4. The number of hydrogen-bond donors (Lipinski definition) is 0. The minimum absolute atomic E-state index is 0.626. The van der Waals surface area contributed by atoms with Gasteiger partial charge in [-0.05, 0) is 37.2 Å². The fraction of sp³-hybridized carbons (Fsp3) is 0.435. The Morgan fingerprint density at radius 3 is 2.52 bits per heavy atom. The first-order valence-electron chi connectivity index (χ1n) is 10.5. The van der Waals surface area contributed by atoms with Crippen molar-refractivity contribution in [2.45, 2.75) is 54.9 Å². The van der Waals surface area contributed by atoms with E-state index in [0.717, 1.165) is 51.5 Å². The quantitative estimate of drug-likeness (QED) is 0.590. The molecule has 0 unspecified atom stereocenters. The van der Waals surface area contributed by atoms with Crippen LogP contribution in [0, 0.1) is 5.41 Å². The lowest BCUT2D eigenvalue weighted by Crippen LogP contribution is -2.39. The Kier molecular flexibility index (Phi) is 5.35. The van der Waals surface area contributed by atoms with Gasteiger partial charge in [-0.1, -0.05) is 54.4 Å². The average Bonchev–Trinajstić information content (AvgIpc) is 3.44. The van der Waals surface area contributed by atoms with Crippen LogP contribution in [0.5, 0.6) is 0 Å². The lowest BCUT2D eigenvalue weighted by molar-refractivity contribution is 0.226. The minimum Gasteiger partial charge on any atom is -0.355 e. The molecule has 3 aliphatic rings. The number of benzene rings is 1. The van der Waals surface area contributed by atoms with Gasteiger partial charge in [0.25, 0.3) is 0 Å². The topological polar surface area (TPSA) is 41.4 Å². The molecule has 29 heavy (non-hydrogen) atoms. The van der Waals surface area contributed by atoms with E-state index in [1.807, 2.05) is 42.9 Å². The van der Waals surface area contributed by atoms with E-state index in [1.54, 1.807) is 11.8 Å². The molecule has 1 saturated carbocycles. The molecular weight excluding hydrogens is 400 g/mol. The fourth-order valence-corrected chi connectivity index (χ4v) is 5.96. The van der Waals surface area contributed by atoms with E-state index in [0.29, 0.717) is 5.41 Å². The maximum atomic E-state index is 6.67. The Morgan fingerprint density at radius 1 is 1.00 bits per heavy atom. The van der Waals surface area contributed by atoms with Gasteiger partial charge in [0.2, 0.25) is 0 Å². The number of halogens is 1. The molecule has 1 aliphatic carbocycles. The molecule has 0 N–H and O–H groups in total. The van der Waals surface area contributed by atoms with Crippen LogP contribution in [0.3, 0.4) is 0 Å². The van der Waals surface area contributed by atoms with Crippen molar-refractivity contribution in [3.8, 4) is 0 Å². The Morgan fingerprint density at radius 2 is 1.83 bits per heavy atom. The van der Waals surface area contributed by atoms with Gasteiger partial charge in [-0.25, -0.2) is 9.97 Å². The molecule has 2 aliphatic heterocycles. The minimum atomic E-state index is 0.626. The average molecular weight is 425 g/mol. The van der Waals surface area contributed by atoms with Gasteiger partial charge in [-0.3, -0.25) is 4.99 Å². The summed E-state index contributed by atoms with van der Waals surface area (Å²) in [6.07, 6.45) is 16.8. The molecule has 5 rings (SSSR count). The Balaban J connectivity index is 1.26. The van der Waals surface area contributed by atoms with Crippen molar-refractivity contribution in [2.24, 2.45) is 10.4 Å². The van der Waals surface area contributed by atoms with E-state index < -0.39 is 0 Å². The third-order valence-corrected chi connectivity index (χ3v) is 8.06. The van der Waals surface area contributed by atoms with Crippen LogP contribution in [-0.4, -0.2) is 28.8 Å². The fourth-order valence-electron chi connectivity index (χ4n) is 4.82. The number of piperidine rings is 1. The third kappa shape index (κ3) is 3.95. The number of anilines is 1. The molecule has 6 heteroatoms. The second kappa shape index (κ2) is 8.11. The van der Waals surface area contributed by atoms with Crippen molar-refractivity contribution in [2.75, 3.05) is 18.0 Å². The lowest BCUT2D eigenvalue weighted by Gasteiger charge is -2.39. The molecule has 0 atom stereocenters. The van der Waals surface area contributed by atoms with Gasteiger partial charge in [0.1, 0.15) is 10.8 Å². The van der Waals surface area contributed by atoms with Gasteiger partial charge < -0.3 is 4.90 Å². The largest absolute Gasteiger partial charge is 0.355 e. The van der Waals surface area contributed by atoms with Gasteiger partial charge >= 0.3 is 0 Å². The van der Waals surface area contributed by atoms with Crippen LogP contribution in [0.1, 0.15) is 50.5 Å². The van der Waals surface area contributed by atoms with Crippen molar-refractivity contribution in [1.82, 2.24) is 9.97 Å². The van der Waals surface area contributed by atoms with Crippen molar-refractivity contribution in [3.05, 3.63) is 53.5 Å². The SMILES string of the molecule is Clc1c(Sc2cnc(N3CCC4(CCCC4)CC3)cn2)cccc1C1=NC=CC1. The van der Waals surface area contributed by atoms with Crippen LogP contribution in [0.4, 0.5) is 5.82 Å². The van der Waals surface area contributed by atoms with E-state index in [2.05, 4.69) is 14.9 Å². The number of hydrogen-bond acceptors (Lipinski definition) is 5. The van der Waals surface area contributed by atoms with E-state index in [-0.39, 0.29) is 0 Å². The number of aromatic nitrogens is 2. The van der Waals surface area contributed by atoms with Crippen LogP contribution < -0.4 is 4.90 Å². The second-order valence-electron chi connectivity index (χ2n) is 8.29. The summed E-state index contributed by atoms with van der Waals surface area (Å²) in [6, 6.07) is 6.08. The van der Waals surface area contributed by atoms with E-state index in [4.69, 9.17) is 16.6 Å². The summed E-state index contributed by atoms with van der Waals surface area (Å²) in [5.41, 5.74) is 2.64. The highest BCUT2D eigenvalue weighted by Gasteiger charge is 2.37. The smallest absolute Gasteiger partial charge is 0.147 e. The monoisotopic (exact) mass is 424 g/mol. The second-order valence-corrected chi connectivity index (χ2v) is 9.73. The summed E-state index contributed by atoms with van der Waals surface area (Å²) in [5, 5.41) is 1.60. The predicted octanol–water partition coefficient (Wildman–Crippen LogP) is 6.15. The molecule has 0 amide bonds. The Labute approximate surface area is 181 Å². The van der Waals surface area contributed by atoms with Gasteiger partial charge in [0.15, 0.2) is 0 Å². The van der Waals surface area contributed by atoms with E-state index in [1.165, 1.54) is 38.5 Å². The van der Waals surface area contributed by atoms with Crippen LogP contribution in [0.25, 0.3) is 0 Å². The Hall–Kier alpha value is -1.85. The van der Waals surface area contributed by atoms with Gasteiger partial charge in [-0.15, -0.1) is 0 Å². The standard InChI is InChI=1S/C23H25ClN4S/c24-22-17(18-6-4-12-25-18)5-3-7-19(22)29-21-16-26-20(15-27-21)28-13-10-23(11-14-28)8-1-2-9-23/h3-5,7,12,15-16H,1-2,6,8-11,13-14H2. The normalized spacial score (nSPS) is 20.4. The zero-order valence-corrected chi connectivity index (χ0v) is 18.1. The van der Waals surface area contributed by atoms with Crippen molar-refractivity contribution in [3.63, 3.8) is 0 Å². The summed E-state index contributed by atoms with van der Waals surface area (Å²) >= 11 is 8.22. The highest BCUT2D eigenvalue weighted by molar-refractivity contribution is 7.99. The molecule has 2 fully saturated rings. The highest BCUT2D eigenvalue weighted by Crippen LogP contribution is 2.46.